The van der Waals surface area contributed by atoms with Gasteiger partial charge in [0.15, 0.2) is 5.96 Å². The number of aliphatic carboxylic acids is 1. The Hall–Kier alpha value is -5.42. The Morgan fingerprint density at radius 2 is 1.42 bits per heavy atom. The zero-order chi connectivity index (χ0) is 38.6. The molecular weight excluding hydrogens is 678 g/mol. The zero-order valence-electron chi connectivity index (χ0n) is 29.7. The molecule has 18 heteroatoms. The van der Waals surface area contributed by atoms with Gasteiger partial charge in [-0.15, -0.1) is 0 Å². The number of carboxylic acids is 1. The van der Waals surface area contributed by atoms with Gasteiger partial charge < -0.3 is 53.6 Å². The van der Waals surface area contributed by atoms with Crippen LogP contribution in [-0.4, -0.2) is 101 Å². The Balaban J connectivity index is 2.37. The van der Waals surface area contributed by atoms with Gasteiger partial charge in [-0.3, -0.25) is 38.6 Å². The van der Waals surface area contributed by atoms with Crippen LogP contribution in [0.1, 0.15) is 77.2 Å². The molecule has 0 saturated carbocycles. The van der Waals surface area contributed by atoms with E-state index in [-0.39, 0.29) is 49.8 Å². The van der Waals surface area contributed by atoms with E-state index in [0.717, 1.165) is 12.8 Å². The second-order valence-corrected chi connectivity index (χ2v) is 13.1. The van der Waals surface area contributed by atoms with Gasteiger partial charge in [0, 0.05) is 25.9 Å². The van der Waals surface area contributed by atoms with E-state index in [2.05, 4.69) is 50.7 Å². The van der Waals surface area contributed by atoms with E-state index in [1.165, 1.54) is 24.3 Å². The lowest BCUT2D eigenvalue weighted by atomic mass is 10.0. The number of aliphatic imine (C=N–C) groups is 1. The van der Waals surface area contributed by atoms with Crippen LogP contribution < -0.4 is 43.4 Å². The summed E-state index contributed by atoms with van der Waals surface area (Å²) in [5.74, 6) is -5.36. The summed E-state index contributed by atoms with van der Waals surface area (Å²) < 4.78 is 0. The van der Waals surface area contributed by atoms with Gasteiger partial charge in [0.2, 0.25) is 35.4 Å². The first-order chi connectivity index (χ1) is 24.6. The molecular formula is C34H53N9O9. The van der Waals surface area contributed by atoms with Crippen molar-refractivity contribution in [2.75, 3.05) is 19.6 Å². The number of nitrogens with two attached hydrogens (primary N) is 2. The van der Waals surface area contributed by atoms with Crippen LogP contribution in [0.25, 0.3) is 0 Å². The van der Waals surface area contributed by atoms with Crippen molar-refractivity contribution in [3.63, 3.8) is 0 Å². The van der Waals surface area contributed by atoms with E-state index in [4.69, 9.17) is 11.5 Å². The summed E-state index contributed by atoms with van der Waals surface area (Å²) in [5, 5.41) is 34.5. The van der Waals surface area contributed by atoms with E-state index in [1.807, 2.05) is 0 Å². The Kier molecular flexibility index (Phi) is 18.4. The van der Waals surface area contributed by atoms with Gasteiger partial charge >= 0.3 is 5.97 Å². The minimum absolute atomic E-state index is 0.0389. The van der Waals surface area contributed by atoms with Crippen molar-refractivity contribution in [2.24, 2.45) is 22.4 Å². The SMILES string of the molecule is CC(C)CCCC(=O)NCCCC[C@H]1NC(=O)[C@@H](CCCN=C(N)N)NC(=O)CNC(=O)[C@@H](CC(=O)O)NC(=O)[C@H](Cc2ccc(O)cc2)NC1=O. The van der Waals surface area contributed by atoms with E-state index in [1.54, 1.807) is 0 Å². The number of carboxylic acid groups (broad SMARTS) is 1. The monoisotopic (exact) mass is 731 g/mol. The maximum Gasteiger partial charge on any atom is 0.305 e. The maximum absolute atomic E-state index is 13.9. The fourth-order valence-corrected chi connectivity index (χ4v) is 5.32. The highest BCUT2D eigenvalue weighted by atomic mass is 16.4. The molecule has 6 amide bonds. The van der Waals surface area contributed by atoms with Crippen molar-refractivity contribution in [1.29, 1.82) is 0 Å². The first-order valence-electron chi connectivity index (χ1n) is 17.4. The molecule has 1 aromatic carbocycles. The smallest absolute Gasteiger partial charge is 0.305 e. The van der Waals surface area contributed by atoms with Crippen LogP contribution in [0.3, 0.4) is 0 Å². The number of phenolic OH excluding ortho intramolecular Hbond substituents is 1. The van der Waals surface area contributed by atoms with Crippen molar-refractivity contribution >= 4 is 47.4 Å². The summed E-state index contributed by atoms with van der Waals surface area (Å²) in [4.78, 5) is 94.6. The number of hydrogen-bond acceptors (Lipinski definition) is 9. The van der Waals surface area contributed by atoms with Gasteiger partial charge in [0.25, 0.3) is 0 Å². The van der Waals surface area contributed by atoms with Gasteiger partial charge in [-0.05, 0) is 62.1 Å². The number of aromatic hydroxyl groups is 1. The van der Waals surface area contributed by atoms with E-state index in [0.29, 0.717) is 37.3 Å². The van der Waals surface area contributed by atoms with Crippen LogP contribution in [0.4, 0.5) is 0 Å². The van der Waals surface area contributed by atoms with Gasteiger partial charge in [-0.1, -0.05) is 32.4 Å². The number of unbranched alkanes of at least 4 members (excludes halogenated alkanes) is 1. The lowest BCUT2D eigenvalue weighted by molar-refractivity contribution is -0.141. The summed E-state index contributed by atoms with van der Waals surface area (Å²) in [6, 6.07) is 0.433. The molecule has 1 heterocycles. The Morgan fingerprint density at radius 1 is 0.827 bits per heavy atom. The van der Waals surface area contributed by atoms with Gasteiger partial charge in [0.05, 0.1) is 13.0 Å². The molecule has 1 aromatic rings. The van der Waals surface area contributed by atoms with E-state index < -0.39 is 72.6 Å². The summed E-state index contributed by atoms with van der Waals surface area (Å²) in [5.41, 5.74) is 11.3. The molecule has 4 atom stereocenters. The van der Waals surface area contributed by atoms with Crippen LogP contribution in [-0.2, 0) is 40.0 Å². The number of carbonyl (C=O) groups excluding carboxylic acids is 6. The van der Waals surface area contributed by atoms with Crippen LogP contribution >= 0.6 is 0 Å². The number of amides is 6. The van der Waals surface area contributed by atoms with E-state index in [9.17, 15) is 43.8 Å². The second kappa shape index (κ2) is 22.4. The average molecular weight is 732 g/mol. The third kappa shape index (κ3) is 17.0. The Labute approximate surface area is 302 Å². The molecule has 0 aromatic heterocycles. The molecule has 1 aliphatic rings. The standard InChI is InChI=1S/C34H53N9O9/c1-20(2)7-5-10-27(45)37-15-4-3-8-24-32(51)42-25(17-21-11-13-22(44)14-12-21)33(52)43-26(18-29(47)48)30(49)39-19-28(46)40-23(31(50)41-24)9-6-16-38-34(35)36/h11-14,20,23-26,44H,3-10,15-19H2,1-2H3,(H,37,45)(H,39,49)(H,40,46)(H,41,50)(H,42,51)(H,43,52)(H,47,48)(H4,35,36,38)/t23-,24-,25+,26-/m1/s1. The van der Waals surface area contributed by atoms with Crippen molar-refractivity contribution < 1.29 is 43.8 Å². The highest BCUT2D eigenvalue weighted by Gasteiger charge is 2.33. The number of nitrogens with one attached hydrogen (secondary N) is 6. The minimum atomic E-state index is -1.62. The molecule has 12 N–H and O–H groups in total. The fourth-order valence-electron chi connectivity index (χ4n) is 5.32. The van der Waals surface area contributed by atoms with Crippen LogP contribution in [0.2, 0.25) is 0 Å². The Morgan fingerprint density at radius 3 is 2.06 bits per heavy atom. The maximum atomic E-state index is 13.9. The number of hydrogen-bond donors (Lipinski definition) is 10. The Bertz CT molecular complexity index is 1420. The predicted octanol–water partition coefficient (Wildman–Crippen LogP) is -1.36. The molecule has 288 valence electrons. The van der Waals surface area contributed by atoms with Crippen molar-refractivity contribution in [2.45, 2.75) is 102 Å². The van der Waals surface area contributed by atoms with Crippen LogP contribution in [0, 0.1) is 5.92 Å². The molecule has 0 bridgehead atoms. The third-order valence-corrected chi connectivity index (χ3v) is 8.10. The third-order valence-electron chi connectivity index (χ3n) is 8.10. The largest absolute Gasteiger partial charge is 0.508 e. The lowest BCUT2D eigenvalue weighted by Gasteiger charge is -2.26. The molecule has 0 spiro atoms. The first kappa shape index (κ1) is 42.7. The summed E-state index contributed by atoms with van der Waals surface area (Å²) >= 11 is 0. The topological polar surface area (TPSA) is 297 Å². The number of rotatable bonds is 17. The molecule has 2 rings (SSSR count). The molecule has 1 saturated heterocycles. The summed E-state index contributed by atoms with van der Waals surface area (Å²) in [7, 11) is 0. The second-order valence-electron chi connectivity index (χ2n) is 13.1. The highest BCUT2D eigenvalue weighted by Crippen LogP contribution is 2.13. The summed E-state index contributed by atoms with van der Waals surface area (Å²) in [6.07, 6.45) is 2.37. The molecule has 18 nitrogen and oxygen atoms in total. The van der Waals surface area contributed by atoms with Gasteiger partial charge in [0.1, 0.15) is 29.9 Å². The number of nitrogens with zero attached hydrogens (tertiary/aromatic N) is 1. The summed E-state index contributed by atoms with van der Waals surface area (Å²) in [6.45, 7) is 3.99. The first-order valence-corrected chi connectivity index (χ1v) is 17.4. The van der Waals surface area contributed by atoms with Crippen LogP contribution in [0.15, 0.2) is 29.3 Å². The number of benzene rings is 1. The van der Waals surface area contributed by atoms with Crippen molar-refractivity contribution in [3.05, 3.63) is 29.8 Å². The number of carbonyl (C=O) groups is 7. The van der Waals surface area contributed by atoms with Gasteiger partial charge in [-0.25, -0.2) is 0 Å². The zero-order valence-corrected chi connectivity index (χ0v) is 29.7. The number of guanidine groups is 1. The normalized spacial score (nSPS) is 20.2. The quantitative estimate of drug-likeness (QED) is 0.0507. The van der Waals surface area contributed by atoms with Gasteiger partial charge in [-0.2, -0.15) is 0 Å². The fraction of sp³-hybridized carbons (Fsp3) is 0.588. The molecule has 0 radical (unpaired) electrons. The highest BCUT2D eigenvalue weighted by molar-refractivity contribution is 5.98. The molecule has 1 aliphatic heterocycles. The molecule has 1 fully saturated rings. The molecule has 0 aliphatic carbocycles. The molecule has 52 heavy (non-hydrogen) atoms. The predicted molar refractivity (Wildman–Crippen MR) is 190 cm³/mol. The number of phenols is 1. The van der Waals surface area contributed by atoms with Crippen LogP contribution in [0.5, 0.6) is 5.75 Å². The van der Waals surface area contributed by atoms with Crippen molar-refractivity contribution in [1.82, 2.24) is 31.9 Å². The lowest BCUT2D eigenvalue weighted by Crippen LogP contribution is -2.58. The molecule has 0 unspecified atom stereocenters. The average Bonchev–Trinajstić information content (AvgIpc) is 3.07. The minimum Gasteiger partial charge on any atom is -0.508 e. The van der Waals surface area contributed by atoms with Crippen molar-refractivity contribution in [3.8, 4) is 5.75 Å². The van der Waals surface area contributed by atoms with E-state index >= 15 is 0 Å².